The summed E-state index contributed by atoms with van der Waals surface area (Å²) in [6.07, 6.45) is 1.65. The van der Waals surface area contributed by atoms with Crippen molar-refractivity contribution in [3.05, 3.63) is 53.6 Å². The van der Waals surface area contributed by atoms with Crippen LogP contribution in [0, 0.1) is 0 Å². The number of nitrogens with zero attached hydrogens (tertiary/aromatic N) is 2. The summed E-state index contributed by atoms with van der Waals surface area (Å²) >= 11 is 0. The maximum absolute atomic E-state index is 12.2. The highest BCUT2D eigenvalue weighted by Crippen LogP contribution is 2.34. The number of hydrogen-bond acceptors (Lipinski definition) is 5. The average Bonchev–Trinajstić information content (AvgIpc) is 3.06. The van der Waals surface area contributed by atoms with Gasteiger partial charge < -0.3 is 29.7 Å². The summed E-state index contributed by atoms with van der Waals surface area (Å²) < 4.78 is 17.5. The topological polar surface area (TPSA) is 84.4 Å². The minimum atomic E-state index is -0.0304. The molecule has 4 rings (SSSR count). The highest BCUT2D eigenvalue weighted by molar-refractivity contribution is 14.0. The van der Waals surface area contributed by atoms with Gasteiger partial charge in [0.05, 0.1) is 39.0 Å². The first-order valence-corrected chi connectivity index (χ1v) is 11.0. The van der Waals surface area contributed by atoms with E-state index < -0.39 is 0 Å². The third-order valence-corrected chi connectivity index (χ3v) is 5.44. The number of fused-ring (bicyclic) bond motifs is 2. The third-order valence-electron chi connectivity index (χ3n) is 5.44. The van der Waals surface area contributed by atoms with Crippen LogP contribution in [0.15, 0.2) is 47.5 Å². The zero-order valence-corrected chi connectivity index (χ0v) is 21.3. The predicted molar refractivity (Wildman–Crippen MR) is 138 cm³/mol. The van der Waals surface area contributed by atoms with E-state index in [0.717, 1.165) is 41.2 Å². The second-order valence-corrected chi connectivity index (χ2v) is 7.97. The zero-order chi connectivity index (χ0) is 22.3. The Labute approximate surface area is 211 Å². The van der Waals surface area contributed by atoms with Crippen LogP contribution in [0.5, 0.6) is 17.2 Å². The number of benzene rings is 2. The fourth-order valence-corrected chi connectivity index (χ4v) is 3.67. The molecule has 9 heteroatoms. The van der Waals surface area contributed by atoms with Crippen LogP contribution in [-0.4, -0.2) is 57.2 Å². The summed E-state index contributed by atoms with van der Waals surface area (Å²) in [7, 11) is 3.47. The molecule has 2 N–H and O–H groups in total. The highest BCUT2D eigenvalue weighted by Gasteiger charge is 2.22. The predicted octanol–water partition coefficient (Wildman–Crippen LogP) is 3.11. The van der Waals surface area contributed by atoms with E-state index in [1.165, 1.54) is 0 Å². The van der Waals surface area contributed by atoms with Gasteiger partial charge in [0.1, 0.15) is 5.75 Å². The molecule has 2 aliphatic heterocycles. The van der Waals surface area contributed by atoms with Crippen molar-refractivity contribution in [2.24, 2.45) is 4.99 Å². The van der Waals surface area contributed by atoms with Gasteiger partial charge in [0.15, 0.2) is 17.5 Å². The molecule has 2 heterocycles. The largest absolute Gasteiger partial charge is 0.493 e. The second kappa shape index (κ2) is 12.0. The van der Waals surface area contributed by atoms with E-state index in [2.05, 4.69) is 16.7 Å². The molecule has 1 atom stereocenters. The Balaban J connectivity index is 0.00000306. The molecule has 2 aliphatic rings. The van der Waals surface area contributed by atoms with Gasteiger partial charge in [-0.1, -0.05) is 30.3 Å². The quantitative estimate of drug-likeness (QED) is 0.329. The molecule has 0 radical (unpaired) electrons. The van der Waals surface area contributed by atoms with E-state index >= 15 is 0 Å². The van der Waals surface area contributed by atoms with Gasteiger partial charge >= 0.3 is 0 Å². The molecule has 0 fully saturated rings. The van der Waals surface area contributed by atoms with Crippen molar-refractivity contribution in [1.82, 2.24) is 15.5 Å². The Morgan fingerprint density at radius 1 is 1.03 bits per heavy atom. The molecule has 0 saturated heterocycles. The van der Waals surface area contributed by atoms with Crippen molar-refractivity contribution < 1.29 is 19.0 Å². The molecule has 1 unspecified atom stereocenters. The van der Waals surface area contributed by atoms with E-state index in [1.54, 1.807) is 19.0 Å². The van der Waals surface area contributed by atoms with Crippen LogP contribution in [0.3, 0.4) is 0 Å². The standard InChI is InChI=1S/C24H30N4O4.HI/c1-28(2)22(29)16-26-24(27-19-11-14-31-20-9-4-3-8-18(19)20)25-15-17-7-5-10-21-23(17)32-13-6-12-30-21;/h3-5,7-10,19H,6,11-16H2,1-2H3,(H2,25,26,27);1H. The molecule has 8 nitrogen and oxygen atoms in total. The lowest BCUT2D eigenvalue weighted by Crippen LogP contribution is -2.45. The lowest BCUT2D eigenvalue weighted by Gasteiger charge is -2.28. The molecule has 0 bridgehead atoms. The Hall–Kier alpha value is -2.69. The third kappa shape index (κ3) is 6.43. The van der Waals surface area contributed by atoms with Crippen molar-refractivity contribution in [1.29, 1.82) is 0 Å². The minimum Gasteiger partial charge on any atom is -0.493 e. The van der Waals surface area contributed by atoms with Crippen LogP contribution in [0.25, 0.3) is 0 Å². The summed E-state index contributed by atoms with van der Waals surface area (Å²) in [4.78, 5) is 18.5. The average molecular weight is 566 g/mol. The number of amides is 1. The van der Waals surface area contributed by atoms with Crippen molar-refractivity contribution in [3.63, 3.8) is 0 Å². The highest BCUT2D eigenvalue weighted by atomic mass is 127. The summed E-state index contributed by atoms with van der Waals surface area (Å²) in [5.41, 5.74) is 2.02. The Bertz CT molecular complexity index is 983. The zero-order valence-electron chi connectivity index (χ0n) is 19.0. The first-order chi connectivity index (χ1) is 15.6. The smallest absolute Gasteiger partial charge is 0.241 e. The van der Waals surface area contributed by atoms with Crippen LogP contribution in [-0.2, 0) is 11.3 Å². The van der Waals surface area contributed by atoms with Crippen LogP contribution < -0.4 is 24.8 Å². The van der Waals surface area contributed by atoms with E-state index in [1.807, 2.05) is 36.4 Å². The number of guanidine groups is 1. The summed E-state index contributed by atoms with van der Waals surface area (Å²) in [5, 5.41) is 6.66. The summed E-state index contributed by atoms with van der Waals surface area (Å²) in [5.74, 6) is 2.90. The number of hydrogen-bond donors (Lipinski definition) is 2. The first-order valence-electron chi connectivity index (χ1n) is 11.0. The molecule has 0 spiro atoms. The molecule has 0 aliphatic carbocycles. The number of halogens is 1. The van der Waals surface area contributed by atoms with Gasteiger partial charge in [-0.2, -0.15) is 0 Å². The maximum Gasteiger partial charge on any atom is 0.241 e. The number of ether oxygens (including phenoxy) is 3. The Kier molecular flexibility index (Phi) is 9.04. The van der Waals surface area contributed by atoms with Crippen molar-refractivity contribution in [3.8, 4) is 17.2 Å². The molecule has 0 saturated carbocycles. The van der Waals surface area contributed by atoms with Crippen LogP contribution in [0.2, 0.25) is 0 Å². The van der Waals surface area contributed by atoms with E-state index in [-0.39, 0.29) is 42.5 Å². The van der Waals surface area contributed by atoms with E-state index in [4.69, 9.17) is 19.2 Å². The molecular formula is C24H31IN4O4. The molecule has 33 heavy (non-hydrogen) atoms. The molecule has 1 amide bonds. The van der Waals surface area contributed by atoms with Crippen molar-refractivity contribution in [2.75, 3.05) is 40.5 Å². The monoisotopic (exact) mass is 566 g/mol. The summed E-state index contributed by atoms with van der Waals surface area (Å²) in [6, 6.07) is 13.9. The van der Waals surface area contributed by atoms with E-state index in [0.29, 0.717) is 32.3 Å². The number of para-hydroxylation sites is 2. The number of carbonyl (C=O) groups is 1. The van der Waals surface area contributed by atoms with Crippen molar-refractivity contribution in [2.45, 2.75) is 25.4 Å². The fraction of sp³-hybridized carbons (Fsp3) is 0.417. The van der Waals surface area contributed by atoms with Crippen LogP contribution in [0.1, 0.15) is 30.0 Å². The van der Waals surface area contributed by atoms with E-state index in [9.17, 15) is 4.79 Å². The minimum absolute atomic E-state index is 0. The van der Waals surface area contributed by atoms with Gasteiger partial charge in [-0.3, -0.25) is 4.79 Å². The number of aliphatic imine (C=N–C) groups is 1. The Morgan fingerprint density at radius 2 is 1.79 bits per heavy atom. The van der Waals surface area contributed by atoms with Gasteiger partial charge in [-0.05, 0) is 12.1 Å². The number of nitrogens with one attached hydrogen (secondary N) is 2. The molecule has 0 aromatic heterocycles. The number of likely N-dealkylation sites (N-methyl/N-ethyl adjacent to an activating group) is 1. The summed E-state index contributed by atoms with van der Waals surface area (Å²) in [6.45, 7) is 2.42. The number of carbonyl (C=O) groups excluding carboxylic acids is 1. The molecule has 2 aromatic carbocycles. The van der Waals surface area contributed by atoms with Gasteiger partial charge in [0, 0.05) is 38.1 Å². The maximum atomic E-state index is 12.2. The molecule has 178 valence electrons. The lowest BCUT2D eigenvalue weighted by molar-refractivity contribution is -0.127. The fourth-order valence-electron chi connectivity index (χ4n) is 3.67. The normalized spacial score (nSPS) is 16.9. The number of rotatable bonds is 5. The van der Waals surface area contributed by atoms with Gasteiger partial charge in [0.25, 0.3) is 0 Å². The first kappa shape index (κ1) is 24.9. The molecular weight excluding hydrogens is 535 g/mol. The van der Waals surface area contributed by atoms with Crippen molar-refractivity contribution >= 4 is 35.8 Å². The van der Waals surface area contributed by atoms with Gasteiger partial charge in [-0.15, -0.1) is 24.0 Å². The lowest BCUT2D eigenvalue weighted by atomic mass is 10.0. The SMILES string of the molecule is CN(C)C(=O)CNC(=NCc1cccc2c1OCCCO2)NC1CCOc2ccccc21.I. The van der Waals surface area contributed by atoms with Crippen LogP contribution >= 0.6 is 24.0 Å². The van der Waals surface area contributed by atoms with Gasteiger partial charge in [-0.25, -0.2) is 4.99 Å². The second-order valence-electron chi connectivity index (χ2n) is 7.97. The van der Waals surface area contributed by atoms with Gasteiger partial charge in [0.2, 0.25) is 5.91 Å². The van der Waals surface area contributed by atoms with Crippen LogP contribution in [0.4, 0.5) is 0 Å². The Morgan fingerprint density at radius 3 is 2.64 bits per heavy atom. The molecule has 2 aromatic rings.